The number of anilines is 2. The summed E-state index contributed by atoms with van der Waals surface area (Å²) in [5, 5.41) is 0. The van der Waals surface area contributed by atoms with Crippen LogP contribution in [-0.2, 0) is 13.0 Å². The predicted octanol–water partition coefficient (Wildman–Crippen LogP) is 3.73. The number of benzene rings is 1. The van der Waals surface area contributed by atoms with Gasteiger partial charge < -0.3 is 9.80 Å². The Morgan fingerprint density at radius 3 is 2.38 bits per heavy atom. The van der Waals surface area contributed by atoms with Crippen LogP contribution in [0.25, 0.3) is 0 Å². The molecule has 0 amide bonds. The quantitative estimate of drug-likeness (QED) is 0.843. The van der Waals surface area contributed by atoms with Crippen molar-refractivity contribution in [3.63, 3.8) is 0 Å². The zero-order valence-corrected chi connectivity index (χ0v) is 14.5. The lowest BCUT2D eigenvalue weighted by Crippen LogP contribution is -2.32. The molecule has 126 valence electrons. The molecule has 4 nitrogen and oxygen atoms in total. The van der Waals surface area contributed by atoms with Crippen molar-refractivity contribution in [2.24, 2.45) is 0 Å². The Labute approximate surface area is 144 Å². The molecule has 2 aromatic rings. The summed E-state index contributed by atoms with van der Waals surface area (Å²) < 4.78 is 0. The second-order valence-electron chi connectivity index (χ2n) is 7.01. The number of hydrogen-bond acceptors (Lipinski definition) is 4. The monoisotopic (exact) mass is 322 g/mol. The molecule has 3 heterocycles. The minimum atomic E-state index is 0.922. The van der Waals surface area contributed by atoms with Crippen molar-refractivity contribution < 1.29 is 0 Å². The first-order valence-corrected chi connectivity index (χ1v) is 9.22. The molecule has 0 saturated carbocycles. The van der Waals surface area contributed by atoms with Gasteiger partial charge in [0.2, 0.25) is 5.95 Å². The molecule has 2 aliphatic heterocycles. The van der Waals surface area contributed by atoms with Crippen LogP contribution in [0, 0.1) is 6.92 Å². The maximum absolute atomic E-state index is 4.94. The second kappa shape index (κ2) is 6.80. The molecule has 1 fully saturated rings. The third-order valence-electron chi connectivity index (χ3n) is 5.17. The Morgan fingerprint density at radius 1 is 0.833 bits per heavy atom. The van der Waals surface area contributed by atoms with E-state index in [4.69, 9.17) is 9.97 Å². The van der Waals surface area contributed by atoms with Crippen molar-refractivity contribution in [3.05, 3.63) is 47.2 Å². The molecule has 0 atom stereocenters. The van der Waals surface area contributed by atoms with Crippen LogP contribution in [-0.4, -0.2) is 29.6 Å². The molecular weight excluding hydrogens is 296 g/mol. The number of nitrogens with zero attached hydrogens (tertiary/aromatic N) is 4. The van der Waals surface area contributed by atoms with Crippen molar-refractivity contribution in [1.82, 2.24) is 9.97 Å². The largest absolute Gasteiger partial charge is 0.352 e. The highest BCUT2D eigenvalue weighted by atomic mass is 15.3. The Morgan fingerprint density at radius 2 is 1.58 bits per heavy atom. The lowest BCUT2D eigenvalue weighted by Gasteiger charge is -2.31. The van der Waals surface area contributed by atoms with E-state index in [1.807, 2.05) is 0 Å². The molecule has 4 heteroatoms. The van der Waals surface area contributed by atoms with Gasteiger partial charge in [0.15, 0.2) is 0 Å². The van der Waals surface area contributed by atoms with Crippen LogP contribution in [0.4, 0.5) is 11.8 Å². The zero-order chi connectivity index (χ0) is 16.4. The van der Waals surface area contributed by atoms with Crippen LogP contribution in [0.5, 0.6) is 0 Å². The summed E-state index contributed by atoms with van der Waals surface area (Å²) in [5.41, 5.74) is 3.97. The normalized spacial score (nSPS) is 18.2. The Hall–Kier alpha value is -2.10. The molecule has 0 aliphatic carbocycles. The summed E-state index contributed by atoms with van der Waals surface area (Å²) in [5.74, 6) is 2.00. The third-order valence-corrected chi connectivity index (χ3v) is 5.17. The van der Waals surface area contributed by atoms with Crippen LogP contribution in [0.2, 0.25) is 0 Å². The third kappa shape index (κ3) is 3.23. The summed E-state index contributed by atoms with van der Waals surface area (Å²) >= 11 is 0. The molecule has 4 rings (SSSR count). The maximum atomic E-state index is 4.94. The molecule has 0 bridgehead atoms. The SMILES string of the molecule is Cc1cc(N2CCc3ccccc3C2)nc(N2CCCCCC2)n1. The van der Waals surface area contributed by atoms with Gasteiger partial charge in [-0.15, -0.1) is 0 Å². The zero-order valence-electron chi connectivity index (χ0n) is 14.5. The number of hydrogen-bond donors (Lipinski definition) is 0. The number of aromatic nitrogens is 2. The van der Waals surface area contributed by atoms with E-state index >= 15 is 0 Å². The summed E-state index contributed by atoms with van der Waals surface area (Å²) in [6.07, 6.45) is 6.27. The molecule has 1 aromatic heterocycles. The highest BCUT2D eigenvalue weighted by molar-refractivity contribution is 5.48. The first-order chi connectivity index (χ1) is 11.8. The van der Waals surface area contributed by atoms with Gasteiger partial charge in [0, 0.05) is 37.9 Å². The van der Waals surface area contributed by atoms with Crippen molar-refractivity contribution in [2.45, 2.75) is 45.6 Å². The predicted molar refractivity (Wildman–Crippen MR) is 98.6 cm³/mol. The summed E-state index contributed by atoms with van der Waals surface area (Å²) in [7, 11) is 0. The molecular formula is C20H26N4. The van der Waals surface area contributed by atoms with E-state index in [0.717, 1.165) is 50.1 Å². The van der Waals surface area contributed by atoms with E-state index in [9.17, 15) is 0 Å². The molecule has 1 aromatic carbocycles. The van der Waals surface area contributed by atoms with Gasteiger partial charge in [-0.2, -0.15) is 4.98 Å². The van der Waals surface area contributed by atoms with Gasteiger partial charge in [0.1, 0.15) is 5.82 Å². The van der Waals surface area contributed by atoms with Gasteiger partial charge in [0.25, 0.3) is 0 Å². The highest BCUT2D eigenvalue weighted by Crippen LogP contribution is 2.25. The lowest BCUT2D eigenvalue weighted by atomic mass is 10.00. The summed E-state index contributed by atoms with van der Waals surface area (Å²) in [6.45, 7) is 6.25. The van der Waals surface area contributed by atoms with Crippen LogP contribution in [0.3, 0.4) is 0 Å². The Balaban J connectivity index is 1.59. The minimum Gasteiger partial charge on any atom is -0.352 e. The van der Waals surface area contributed by atoms with E-state index < -0.39 is 0 Å². The number of aryl methyl sites for hydroxylation is 1. The molecule has 1 saturated heterocycles. The standard InChI is InChI=1S/C20H26N4/c1-16-14-19(22-20(21-16)23-11-6-2-3-7-12-23)24-13-10-17-8-4-5-9-18(17)15-24/h4-5,8-9,14H,2-3,6-7,10-13,15H2,1H3. The molecule has 0 unspecified atom stereocenters. The molecule has 0 spiro atoms. The van der Waals surface area contributed by atoms with Gasteiger partial charge >= 0.3 is 0 Å². The smallest absolute Gasteiger partial charge is 0.227 e. The fraction of sp³-hybridized carbons (Fsp3) is 0.500. The van der Waals surface area contributed by atoms with Crippen molar-refractivity contribution in [2.75, 3.05) is 29.4 Å². The van der Waals surface area contributed by atoms with Gasteiger partial charge in [-0.1, -0.05) is 37.1 Å². The second-order valence-corrected chi connectivity index (χ2v) is 7.01. The topological polar surface area (TPSA) is 32.3 Å². The van der Waals surface area contributed by atoms with Gasteiger partial charge in [-0.05, 0) is 37.3 Å². The van der Waals surface area contributed by atoms with Gasteiger partial charge in [0.05, 0.1) is 0 Å². The molecule has 24 heavy (non-hydrogen) atoms. The van der Waals surface area contributed by atoms with Crippen LogP contribution in [0.15, 0.2) is 30.3 Å². The van der Waals surface area contributed by atoms with E-state index in [1.54, 1.807) is 0 Å². The van der Waals surface area contributed by atoms with Crippen molar-refractivity contribution in [1.29, 1.82) is 0 Å². The van der Waals surface area contributed by atoms with E-state index in [0.29, 0.717) is 0 Å². The minimum absolute atomic E-state index is 0.922. The number of fused-ring (bicyclic) bond motifs is 1. The highest BCUT2D eigenvalue weighted by Gasteiger charge is 2.20. The van der Waals surface area contributed by atoms with Crippen LogP contribution >= 0.6 is 0 Å². The van der Waals surface area contributed by atoms with E-state index in [2.05, 4.69) is 47.1 Å². The van der Waals surface area contributed by atoms with Crippen molar-refractivity contribution in [3.8, 4) is 0 Å². The lowest BCUT2D eigenvalue weighted by molar-refractivity contribution is 0.709. The van der Waals surface area contributed by atoms with Crippen LogP contribution in [0.1, 0.15) is 42.5 Å². The maximum Gasteiger partial charge on any atom is 0.227 e. The fourth-order valence-electron chi connectivity index (χ4n) is 3.80. The van der Waals surface area contributed by atoms with Gasteiger partial charge in [-0.25, -0.2) is 4.98 Å². The summed E-state index contributed by atoms with van der Waals surface area (Å²) in [4.78, 5) is 14.4. The average molecular weight is 322 g/mol. The first kappa shape index (κ1) is 15.4. The number of rotatable bonds is 2. The van der Waals surface area contributed by atoms with Gasteiger partial charge in [-0.3, -0.25) is 0 Å². The summed E-state index contributed by atoms with van der Waals surface area (Å²) in [6, 6.07) is 10.9. The van der Waals surface area contributed by atoms with E-state index in [-0.39, 0.29) is 0 Å². The molecule has 0 N–H and O–H groups in total. The fourth-order valence-corrected chi connectivity index (χ4v) is 3.80. The Kier molecular flexibility index (Phi) is 4.37. The molecule has 0 radical (unpaired) electrons. The van der Waals surface area contributed by atoms with Crippen molar-refractivity contribution >= 4 is 11.8 Å². The average Bonchev–Trinajstić information content (AvgIpc) is 2.90. The molecule has 2 aliphatic rings. The van der Waals surface area contributed by atoms with Crippen LogP contribution < -0.4 is 9.80 Å². The Bertz CT molecular complexity index is 705. The first-order valence-electron chi connectivity index (χ1n) is 9.22. The van der Waals surface area contributed by atoms with E-state index in [1.165, 1.54) is 36.8 Å².